The van der Waals surface area contributed by atoms with Crippen LogP contribution in [0, 0.1) is 17.6 Å². The van der Waals surface area contributed by atoms with E-state index in [9.17, 15) is 22.0 Å². The standard InChI is InChI=1S/C17H14F5N3O2S/c18-9-1-2-10(11(19)4-9)16-7-27-12(3-8(16)6-28-15(23)25-16)14-24-13(5-26-14)17(20,21)22/h1-2,4-5,8,12H,3,6-7H2,(H2,23,25)/t8?,12-,16?/m1/s1. The first-order chi connectivity index (χ1) is 13.2. The molecule has 2 aliphatic heterocycles. The van der Waals surface area contributed by atoms with Crippen molar-refractivity contribution in [2.24, 2.45) is 16.6 Å². The summed E-state index contributed by atoms with van der Waals surface area (Å²) in [5, 5.41) is 0.234. The Labute approximate surface area is 160 Å². The maximum absolute atomic E-state index is 14.5. The topological polar surface area (TPSA) is 73.6 Å². The Balaban J connectivity index is 1.67. The summed E-state index contributed by atoms with van der Waals surface area (Å²) in [7, 11) is 0. The third-order valence-corrected chi connectivity index (χ3v) is 5.86. The summed E-state index contributed by atoms with van der Waals surface area (Å²) < 4.78 is 76.8. The molecule has 1 fully saturated rings. The molecule has 3 atom stereocenters. The smallest absolute Gasteiger partial charge is 0.436 e. The van der Waals surface area contributed by atoms with E-state index < -0.39 is 35.1 Å². The van der Waals surface area contributed by atoms with E-state index in [-0.39, 0.29) is 35.6 Å². The molecule has 0 radical (unpaired) electrons. The fourth-order valence-corrected chi connectivity index (χ4v) is 4.56. The summed E-state index contributed by atoms with van der Waals surface area (Å²) in [6.45, 7) is -0.157. The summed E-state index contributed by atoms with van der Waals surface area (Å²) >= 11 is 1.26. The van der Waals surface area contributed by atoms with Gasteiger partial charge in [0.25, 0.3) is 0 Å². The fraction of sp³-hybridized carbons (Fsp3) is 0.412. The Hall–Kier alpha value is -2.14. The van der Waals surface area contributed by atoms with Crippen LogP contribution < -0.4 is 5.73 Å². The van der Waals surface area contributed by atoms with E-state index in [2.05, 4.69) is 9.98 Å². The van der Waals surface area contributed by atoms with E-state index in [1.807, 2.05) is 0 Å². The highest BCUT2D eigenvalue weighted by atomic mass is 32.2. The monoisotopic (exact) mass is 419 g/mol. The summed E-state index contributed by atoms with van der Waals surface area (Å²) in [4.78, 5) is 7.88. The van der Waals surface area contributed by atoms with E-state index >= 15 is 0 Å². The molecule has 2 N–H and O–H groups in total. The molecule has 3 heterocycles. The van der Waals surface area contributed by atoms with Gasteiger partial charge in [0.1, 0.15) is 29.5 Å². The molecule has 0 bridgehead atoms. The second-order valence-electron chi connectivity index (χ2n) is 6.61. The number of fused-ring (bicyclic) bond motifs is 1. The Kier molecular flexibility index (Phi) is 4.61. The molecule has 150 valence electrons. The number of benzene rings is 1. The number of ether oxygens (including phenoxy) is 1. The van der Waals surface area contributed by atoms with E-state index in [0.29, 0.717) is 12.0 Å². The molecule has 2 aromatic rings. The lowest BCUT2D eigenvalue weighted by Gasteiger charge is -2.45. The minimum atomic E-state index is -4.63. The van der Waals surface area contributed by atoms with Crippen molar-refractivity contribution in [3.63, 3.8) is 0 Å². The maximum atomic E-state index is 14.5. The number of hydrogen-bond donors (Lipinski definition) is 1. The molecule has 1 saturated heterocycles. The predicted octanol–water partition coefficient (Wildman–Crippen LogP) is 4.01. The van der Waals surface area contributed by atoms with Gasteiger partial charge >= 0.3 is 6.18 Å². The average Bonchev–Trinajstić information content (AvgIpc) is 3.11. The van der Waals surface area contributed by atoms with Crippen molar-refractivity contribution in [1.29, 1.82) is 0 Å². The van der Waals surface area contributed by atoms with Crippen LogP contribution in [0.5, 0.6) is 0 Å². The van der Waals surface area contributed by atoms with Crippen LogP contribution in [-0.4, -0.2) is 22.5 Å². The van der Waals surface area contributed by atoms with E-state index in [1.165, 1.54) is 17.8 Å². The van der Waals surface area contributed by atoms with Crippen LogP contribution in [0.1, 0.15) is 29.7 Å². The average molecular weight is 419 g/mol. The van der Waals surface area contributed by atoms with Crippen molar-refractivity contribution < 1.29 is 31.1 Å². The maximum Gasteiger partial charge on any atom is 0.436 e. The lowest BCUT2D eigenvalue weighted by atomic mass is 9.75. The Morgan fingerprint density at radius 3 is 2.71 bits per heavy atom. The number of hydrogen-bond acceptors (Lipinski definition) is 6. The highest BCUT2D eigenvalue weighted by molar-refractivity contribution is 8.13. The quantitative estimate of drug-likeness (QED) is 0.745. The van der Waals surface area contributed by atoms with Crippen LogP contribution in [0.2, 0.25) is 0 Å². The lowest BCUT2D eigenvalue weighted by molar-refractivity contribution is -0.141. The molecule has 1 aromatic carbocycles. The van der Waals surface area contributed by atoms with Crippen LogP contribution in [-0.2, 0) is 16.5 Å². The molecular formula is C17H14F5N3O2S. The van der Waals surface area contributed by atoms with Crippen LogP contribution >= 0.6 is 11.8 Å². The van der Waals surface area contributed by atoms with E-state index in [0.717, 1.165) is 12.1 Å². The number of aromatic nitrogens is 1. The van der Waals surface area contributed by atoms with Gasteiger partial charge in [-0.05, 0) is 12.5 Å². The second kappa shape index (κ2) is 6.73. The minimum absolute atomic E-state index is 0.129. The fourth-order valence-electron chi connectivity index (χ4n) is 3.55. The van der Waals surface area contributed by atoms with Crippen molar-refractivity contribution in [2.45, 2.75) is 24.2 Å². The number of alkyl halides is 3. The molecular weight excluding hydrogens is 405 g/mol. The summed E-state index contributed by atoms with van der Waals surface area (Å²) in [5.74, 6) is -1.60. The van der Waals surface area contributed by atoms with Gasteiger partial charge in [-0.15, -0.1) is 0 Å². The van der Waals surface area contributed by atoms with Crippen molar-refractivity contribution >= 4 is 16.9 Å². The zero-order chi connectivity index (χ0) is 20.1. The first-order valence-corrected chi connectivity index (χ1v) is 9.25. The molecule has 0 amide bonds. The zero-order valence-electron chi connectivity index (χ0n) is 14.2. The number of halogens is 5. The van der Waals surface area contributed by atoms with E-state index in [4.69, 9.17) is 14.9 Å². The van der Waals surface area contributed by atoms with Gasteiger partial charge < -0.3 is 14.9 Å². The number of rotatable bonds is 2. The normalized spacial score (nSPS) is 28.0. The lowest BCUT2D eigenvalue weighted by Crippen LogP contribution is -2.48. The number of oxazole rings is 1. The number of thioether (sulfide) groups is 1. The second-order valence-corrected chi connectivity index (χ2v) is 7.65. The van der Waals surface area contributed by atoms with Crippen molar-refractivity contribution in [3.05, 3.63) is 53.2 Å². The number of aliphatic imine (C=N–C) groups is 1. The van der Waals surface area contributed by atoms with Gasteiger partial charge in [-0.1, -0.05) is 17.8 Å². The number of nitrogens with zero attached hydrogens (tertiary/aromatic N) is 2. The first kappa shape index (κ1) is 19.2. The Morgan fingerprint density at radius 2 is 2.04 bits per heavy atom. The van der Waals surface area contributed by atoms with Crippen molar-refractivity contribution in [3.8, 4) is 0 Å². The highest BCUT2D eigenvalue weighted by Crippen LogP contribution is 2.49. The molecule has 28 heavy (non-hydrogen) atoms. The van der Waals surface area contributed by atoms with Crippen LogP contribution in [0.15, 0.2) is 33.9 Å². The third-order valence-electron chi connectivity index (χ3n) is 4.91. The minimum Gasteiger partial charge on any atom is -0.446 e. The van der Waals surface area contributed by atoms with Crippen molar-refractivity contribution in [2.75, 3.05) is 12.4 Å². The van der Waals surface area contributed by atoms with Crippen LogP contribution in [0.25, 0.3) is 0 Å². The molecule has 0 saturated carbocycles. The van der Waals surface area contributed by atoms with Gasteiger partial charge in [-0.25, -0.2) is 18.8 Å². The first-order valence-electron chi connectivity index (χ1n) is 8.27. The molecule has 2 unspecified atom stereocenters. The van der Waals surface area contributed by atoms with Crippen LogP contribution in [0.4, 0.5) is 22.0 Å². The Morgan fingerprint density at radius 1 is 1.25 bits per heavy atom. The summed E-state index contributed by atoms with van der Waals surface area (Å²) in [5.41, 5.74) is 3.64. The molecule has 1 aromatic heterocycles. The van der Waals surface area contributed by atoms with Gasteiger partial charge in [0.05, 0.1) is 6.61 Å². The Bertz CT molecular complexity index is 932. The molecule has 11 heteroatoms. The molecule has 0 aliphatic carbocycles. The SMILES string of the molecule is NC1=NC2(c3ccc(F)cc3F)CO[C@@H](c3nc(C(F)(F)F)co3)CC2CS1. The van der Waals surface area contributed by atoms with Crippen molar-refractivity contribution in [1.82, 2.24) is 4.98 Å². The van der Waals surface area contributed by atoms with Gasteiger partial charge in [0, 0.05) is 23.3 Å². The molecule has 2 aliphatic rings. The van der Waals surface area contributed by atoms with Gasteiger partial charge in [0.15, 0.2) is 10.9 Å². The zero-order valence-corrected chi connectivity index (χ0v) is 15.0. The third kappa shape index (κ3) is 3.26. The molecule has 0 spiro atoms. The van der Waals surface area contributed by atoms with Gasteiger partial charge in [-0.3, -0.25) is 0 Å². The molecule has 5 nitrogen and oxygen atoms in total. The summed E-state index contributed by atoms with van der Waals surface area (Å²) in [6.07, 6.45) is -4.74. The van der Waals surface area contributed by atoms with Gasteiger partial charge in [0.2, 0.25) is 5.89 Å². The van der Waals surface area contributed by atoms with Gasteiger partial charge in [-0.2, -0.15) is 13.2 Å². The highest BCUT2D eigenvalue weighted by Gasteiger charge is 2.50. The predicted molar refractivity (Wildman–Crippen MR) is 90.4 cm³/mol. The summed E-state index contributed by atoms with van der Waals surface area (Å²) in [6, 6.07) is 3.17. The van der Waals surface area contributed by atoms with Crippen LogP contribution in [0.3, 0.4) is 0 Å². The van der Waals surface area contributed by atoms with E-state index in [1.54, 1.807) is 0 Å². The molecule has 4 rings (SSSR count). The largest absolute Gasteiger partial charge is 0.446 e. The number of nitrogens with two attached hydrogens (primary N) is 1. The number of amidine groups is 1.